The summed E-state index contributed by atoms with van der Waals surface area (Å²) >= 11 is 3.34. The summed E-state index contributed by atoms with van der Waals surface area (Å²) < 4.78 is 12.0. The predicted molar refractivity (Wildman–Crippen MR) is 74.8 cm³/mol. The van der Waals surface area contributed by atoms with Crippen LogP contribution in [0.5, 0.6) is 5.75 Å². The first kappa shape index (κ1) is 14.3. The standard InChI is InChI=1S/C14H17BrO4/c1-18-10-3-2-4-11(8-10)19-13-7-9(15)5-6-12(13)14(16)17/h5-7,10-11H,2-4,8H2,1H3,(H,16,17). The highest BCUT2D eigenvalue weighted by molar-refractivity contribution is 9.10. The molecule has 19 heavy (non-hydrogen) atoms. The Kier molecular flexibility index (Phi) is 4.82. The van der Waals surface area contributed by atoms with Gasteiger partial charge in [-0.25, -0.2) is 4.79 Å². The first-order chi connectivity index (χ1) is 9.10. The molecule has 0 aromatic heterocycles. The van der Waals surface area contributed by atoms with Crippen molar-refractivity contribution in [1.82, 2.24) is 0 Å². The molecule has 1 aromatic carbocycles. The number of carbonyl (C=O) groups is 1. The van der Waals surface area contributed by atoms with Crippen molar-refractivity contribution >= 4 is 21.9 Å². The van der Waals surface area contributed by atoms with E-state index < -0.39 is 5.97 Å². The van der Waals surface area contributed by atoms with Crippen molar-refractivity contribution in [3.05, 3.63) is 28.2 Å². The van der Waals surface area contributed by atoms with E-state index in [2.05, 4.69) is 15.9 Å². The van der Waals surface area contributed by atoms with Gasteiger partial charge in [-0.3, -0.25) is 0 Å². The first-order valence-corrected chi connectivity index (χ1v) is 7.11. The summed E-state index contributed by atoms with van der Waals surface area (Å²) in [7, 11) is 1.70. The van der Waals surface area contributed by atoms with Gasteiger partial charge in [0.05, 0.1) is 6.10 Å². The highest BCUT2D eigenvalue weighted by Crippen LogP contribution is 2.29. The number of hydrogen-bond donors (Lipinski definition) is 1. The lowest BCUT2D eigenvalue weighted by Gasteiger charge is -2.29. The number of halogens is 1. The average Bonchev–Trinajstić information content (AvgIpc) is 2.38. The summed E-state index contributed by atoms with van der Waals surface area (Å²) in [6.45, 7) is 0. The molecule has 104 valence electrons. The molecule has 1 fully saturated rings. The molecule has 0 spiro atoms. The van der Waals surface area contributed by atoms with Gasteiger partial charge in [-0.1, -0.05) is 15.9 Å². The van der Waals surface area contributed by atoms with Gasteiger partial charge >= 0.3 is 5.97 Å². The minimum absolute atomic E-state index is 0.0195. The SMILES string of the molecule is COC1CCCC(Oc2cc(Br)ccc2C(=O)O)C1. The second kappa shape index (κ2) is 6.39. The molecule has 1 saturated carbocycles. The van der Waals surface area contributed by atoms with E-state index in [0.717, 1.165) is 30.2 Å². The van der Waals surface area contributed by atoms with E-state index in [-0.39, 0.29) is 17.8 Å². The van der Waals surface area contributed by atoms with Gasteiger partial charge in [-0.2, -0.15) is 0 Å². The molecule has 0 radical (unpaired) electrons. The van der Waals surface area contributed by atoms with E-state index in [1.807, 2.05) is 0 Å². The number of carboxylic acids is 1. The van der Waals surface area contributed by atoms with Gasteiger partial charge in [-0.05, 0) is 37.5 Å². The highest BCUT2D eigenvalue weighted by atomic mass is 79.9. The largest absolute Gasteiger partial charge is 0.489 e. The molecule has 0 saturated heterocycles. The zero-order chi connectivity index (χ0) is 13.8. The molecular formula is C14H17BrO4. The molecular weight excluding hydrogens is 312 g/mol. The fraction of sp³-hybridized carbons (Fsp3) is 0.500. The van der Waals surface area contributed by atoms with Crippen molar-refractivity contribution in [2.24, 2.45) is 0 Å². The van der Waals surface area contributed by atoms with E-state index in [9.17, 15) is 4.79 Å². The summed E-state index contributed by atoms with van der Waals surface area (Å²) in [5, 5.41) is 9.16. The minimum atomic E-state index is -0.971. The van der Waals surface area contributed by atoms with Crippen LogP contribution < -0.4 is 4.74 Å². The Hall–Kier alpha value is -1.07. The minimum Gasteiger partial charge on any atom is -0.489 e. The van der Waals surface area contributed by atoms with Crippen LogP contribution >= 0.6 is 15.9 Å². The molecule has 0 bridgehead atoms. The van der Waals surface area contributed by atoms with Crippen LogP contribution in [0, 0.1) is 0 Å². The van der Waals surface area contributed by atoms with Gasteiger partial charge in [0.1, 0.15) is 17.4 Å². The Labute approximate surface area is 120 Å². The topological polar surface area (TPSA) is 55.8 Å². The van der Waals surface area contributed by atoms with Gasteiger partial charge in [0.15, 0.2) is 0 Å². The number of ether oxygens (including phenoxy) is 2. The van der Waals surface area contributed by atoms with E-state index >= 15 is 0 Å². The van der Waals surface area contributed by atoms with E-state index in [1.54, 1.807) is 25.3 Å². The normalized spacial score (nSPS) is 23.1. The van der Waals surface area contributed by atoms with Crippen molar-refractivity contribution in [1.29, 1.82) is 0 Å². The van der Waals surface area contributed by atoms with Crippen LogP contribution in [0.25, 0.3) is 0 Å². The third-order valence-corrected chi connectivity index (χ3v) is 3.87. The van der Waals surface area contributed by atoms with Crippen LogP contribution in [0.3, 0.4) is 0 Å². The van der Waals surface area contributed by atoms with Crippen LogP contribution in [0.4, 0.5) is 0 Å². The molecule has 2 atom stereocenters. The van der Waals surface area contributed by atoms with E-state index in [1.165, 1.54) is 0 Å². The lowest BCUT2D eigenvalue weighted by Crippen LogP contribution is -2.29. The predicted octanol–water partition coefficient (Wildman–Crippen LogP) is 3.48. The number of hydrogen-bond acceptors (Lipinski definition) is 3. The first-order valence-electron chi connectivity index (χ1n) is 6.32. The zero-order valence-corrected chi connectivity index (χ0v) is 12.4. The summed E-state index contributed by atoms with van der Waals surface area (Å²) in [5.74, 6) is -0.551. The molecule has 2 unspecified atom stereocenters. The van der Waals surface area contributed by atoms with Crippen molar-refractivity contribution in [3.63, 3.8) is 0 Å². The van der Waals surface area contributed by atoms with Gasteiger partial charge in [0.2, 0.25) is 0 Å². The van der Waals surface area contributed by atoms with Gasteiger partial charge in [-0.15, -0.1) is 0 Å². The molecule has 0 aliphatic heterocycles. The summed E-state index contributed by atoms with van der Waals surface area (Å²) in [6, 6.07) is 4.97. The fourth-order valence-electron chi connectivity index (χ4n) is 2.37. The lowest BCUT2D eigenvalue weighted by atomic mass is 9.95. The Bertz CT molecular complexity index is 461. The summed E-state index contributed by atoms with van der Waals surface area (Å²) in [4.78, 5) is 11.2. The number of aromatic carboxylic acids is 1. The van der Waals surface area contributed by atoms with Crippen LogP contribution in [0.2, 0.25) is 0 Å². The van der Waals surface area contributed by atoms with Crippen molar-refractivity contribution in [2.75, 3.05) is 7.11 Å². The number of benzene rings is 1. The number of rotatable bonds is 4. The van der Waals surface area contributed by atoms with Gasteiger partial charge in [0.25, 0.3) is 0 Å². The number of carboxylic acid groups (broad SMARTS) is 1. The quantitative estimate of drug-likeness (QED) is 0.919. The Balaban J connectivity index is 2.13. The van der Waals surface area contributed by atoms with Crippen molar-refractivity contribution < 1.29 is 19.4 Å². The molecule has 1 N–H and O–H groups in total. The molecule has 5 heteroatoms. The second-order valence-electron chi connectivity index (χ2n) is 4.71. The Morgan fingerprint density at radius 1 is 1.37 bits per heavy atom. The Morgan fingerprint density at radius 2 is 2.11 bits per heavy atom. The molecule has 0 amide bonds. The lowest BCUT2D eigenvalue weighted by molar-refractivity contribution is 0.0204. The fourth-order valence-corrected chi connectivity index (χ4v) is 2.71. The monoisotopic (exact) mass is 328 g/mol. The van der Waals surface area contributed by atoms with Crippen molar-refractivity contribution in [2.45, 2.75) is 37.9 Å². The molecule has 1 aromatic rings. The maximum atomic E-state index is 11.2. The molecule has 2 rings (SSSR count). The smallest absolute Gasteiger partial charge is 0.339 e. The molecule has 1 aliphatic rings. The molecule has 4 nitrogen and oxygen atoms in total. The van der Waals surface area contributed by atoms with Crippen molar-refractivity contribution in [3.8, 4) is 5.75 Å². The molecule has 0 heterocycles. The third-order valence-electron chi connectivity index (χ3n) is 3.38. The average molecular weight is 329 g/mol. The third kappa shape index (κ3) is 3.70. The zero-order valence-electron chi connectivity index (χ0n) is 10.8. The summed E-state index contributed by atoms with van der Waals surface area (Å²) in [6.07, 6.45) is 4.05. The van der Waals surface area contributed by atoms with E-state index in [0.29, 0.717) is 5.75 Å². The van der Waals surface area contributed by atoms with Gasteiger partial charge < -0.3 is 14.6 Å². The maximum Gasteiger partial charge on any atom is 0.339 e. The van der Waals surface area contributed by atoms with Crippen LogP contribution in [0.15, 0.2) is 22.7 Å². The van der Waals surface area contributed by atoms with Crippen LogP contribution in [-0.2, 0) is 4.74 Å². The second-order valence-corrected chi connectivity index (χ2v) is 5.63. The maximum absolute atomic E-state index is 11.2. The van der Waals surface area contributed by atoms with E-state index in [4.69, 9.17) is 14.6 Å². The molecule has 1 aliphatic carbocycles. The summed E-state index contributed by atoms with van der Waals surface area (Å²) in [5.41, 5.74) is 0.197. The van der Waals surface area contributed by atoms with Gasteiger partial charge in [0, 0.05) is 18.0 Å². The van der Waals surface area contributed by atoms with Crippen LogP contribution in [-0.4, -0.2) is 30.4 Å². The highest BCUT2D eigenvalue weighted by Gasteiger charge is 2.24. The van der Waals surface area contributed by atoms with Crippen LogP contribution in [0.1, 0.15) is 36.0 Å². The Morgan fingerprint density at radius 3 is 2.79 bits per heavy atom. The number of methoxy groups -OCH3 is 1.